The summed E-state index contributed by atoms with van der Waals surface area (Å²) in [4.78, 5) is 14.2. The summed E-state index contributed by atoms with van der Waals surface area (Å²) in [7, 11) is 1.65. The minimum atomic E-state index is -0.308. The van der Waals surface area contributed by atoms with Crippen molar-refractivity contribution in [3.63, 3.8) is 0 Å². The van der Waals surface area contributed by atoms with Gasteiger partial charge in [-0.3, -0.25) is 4.79 Å². The molecular weight excluding hydrogens is 368 g/mol. The fourth-order valence-corrected chi connectivity index (χ4v) is 5.03. The van der Waals surface area contributed by atoms with Crippen LogP contribution in [0, 0.1) is 11.3 Å². The van der Waals surface area contributed by atoms with Crippen LogP contribution in [0.5, 0.6) is 5.75 Å². The molecule has 0 bridgehead atoms. The predicted molar refractivity (Wildman–Crippen MR) is 113 cm³/mol. The molecule has 0 fully saturated rings. The van der Waals surface area contributed by atoms with E-state index in [1.54, 1.807) is 18.4 Å². The molecule has 2 aromatic carbocycles. The molecule has 1 aromatic heterocycles. The number of methoxy groups -OCH3 is 1. The summed E-state index contributed by atoms with van der Waals surface area (Å²) in [6.45, 7) is 1.90. The molecule has 3 aromatic rings. The van der Waals surface area contributed by atoms with Gasteiger partial charge in [-0.15, -0.1) is 11.3 Å². The standard InChI is InChI=1S/C23H22N2O2S/c1-14(15-7-8-17-12-18(27-2)10-9-16(17)11-15)22(26)25-23-20(13-24)19-5-3-4-6-21(19)28-23/h7-12,14H,3-6H2,1-2H3,(H,25,26). The van der Waals surface area contributed by atoms with E-state index >= 15 is 0 Å². The summed E-state index contributed by atoms with van der Waals surface area (Å²) in [5, 5.41) is 15.5. The zero-order valence-corrected chi connectivity index (χ0v) is 16.9. The molecule has 1 aliphatic carbocycles. The number of thiophene rings is 1. The average molecular weight is 391 g/mol. The van der Waals surface area contributed by atoms with Crippen LogP contribution in [-0.2, 0) is 17.6 Å². The van der Waals surface area contributed by atoms with Crippen LogP contribution < -0.4 is 10.1 Å². The molecule has 0 spiro atoms. The Morgan fingerprint density at radius 3 is 2.71 bits per heavy atom. The lowest BCUT2D eigenvalue weighted by molar-refractivity contribution is -0.117. The molecular formula is C23H22N2O2S. The van der Waals surface area contributed by atoms with Gasteiger partial charge in [0.25, 0.3) is 0 Å². The van der Waals surface area contributed by atoms with Gasteiger partial charge in [0, 0.05) is 4.88 Å². The van der Waals surface area contributed by atoms with Crippen molar-refractivity contribution < 1.29 is 9.53 Å². The average Bonchev–Trinajstić information content (AvgIpc) is 3.09. The normalized spacial score (nSPS) is 14.2. The lowest BCUT2D eigenvalue weighted by Gasteiger charge is -2.13. The predicted octanol–water partition coefficient (Wildman–Crippen LogP) is 5.40. The number of rotatable bonds is 4. The third-order valence-electron chi connectivity index (χ3n) is 5.48. The van der Waals surface area contributed by atoms with E-state index in [4.69, 9.17) is 4.74 Å². The van der Waals surface area contributed by atoms with Crippen LogP contribution in [0.2, 0.25) is 0 Å². The highest BCUT2D eigenvalue weighted by Gasteiger charge is 2.24. The van der Waals surface area contributed by atoms with Crippen molar-refractivity contribution in [2.24, 2.45) is 0 Å². The van der Waals surface area contributed by atoms with E-state index in [1.807, 2.05) is 43.3 Å². The van der Waals surface area contributed by atoms with Crippen molar-refractivity contribution >= 4 is 33.0 Å². The molecule has 0 saturated heterocycles. The summed E-state index contributed by atoms with van der Waals surface area (Å²) >= 11 is 1.57. The van der Waals surface area contributed by atoms with Gasteiger partial charge >= 0.3 is 0 Å². The summed E-state index contributed by atoms with van der Waals surface area (Å²) in [5.41, 5.74) is 2.75. The van der Waals surface area contributed by atoms with E-state index in [1.165, 1.54) is 4.88 Å². The Morgan fingerprint density at radius 2 is 1.93 bits per heavy atom. The van der Waals surface area contributed by atoms with Crippen LogP contribution in [0.25, 0.3) is 10.8 Å². The molecule has 0 saturated carbocycles. The number of nitrogens with one attached hydrogen (secondary N) is 1. The molecule has 1 atom stereocenters. The zero-order chi connectivity index (χ0) is 19.7. The molecule has 1 heterocycles. The fraction of sp³-hybridized carbons (Fsp3) is 0.304. The number of amides is 1. The molecule has 1 N–H and O–H groups in total. The maximum absolute atomic E-state index is 12.9. The van der Waals surface area contributed by atoms with Crippen LogP contribution in [0.1, 0.15) is 47.3 Å². The number of nitrogens with zero attached hydrogens (tertiary/aromatic N) is 1. The molecule has 142 valence electrons. The van der Waals surface area contributed by atoms with E-state index in [0.29, 0.717) is 10.6 Å². The second-order valence-electron chi connectivity index (χ2n) is 7.21. The van der Waals surface area contributed by atoms with Crippen molar-refractivity contribution in [1.82, 2.24) is 0 Å². The Hall–Kier alpha value is -2.84. The second kappa shape index (κ2) is 7.65. The number of hydrogen-bond donors (Lipinski definition) is 1. The monoisotopic (exact) mass is 390 g/mol. The molecule has 1 unspecified atom stereocenters. The number of benzene rings is 2. The van der Waals surface area contributed by atoms with Crippen LogP contribution >= 0.6 is 11.3 Å². The fourth-order valence-electron chi connectivity index (χ4n) is 3.78. The quantitative estimate of drug-likeness (QED) is 0.648. The van der Waals surface area contributed by atoms with Gasteiger partial charge in [-0.25, -0.2) is 0 Å². The Labute approximate surface area is 168 Å². The molecule has 4 nitrogen and oxygen atoms in total. The van der Waals surface area contributed by atoms with E-state index < -0.39 is 0 Å². The van der Waals surface area contributed by atoms with E-state index in [-0.39, 0.29) is 11.8 Å². The van der Waals surface area contributed by atoms with Crippen LogP contribution in [0.4, 0.5) is 5.00 Å². The van der Waals surface area contributed by atoms with Crippen molar-refractivity contribution in [2.75, 3.05) is 12.4 Å². The molecule has 0 aliphatic heterocycles. The third kappa shape index (κ3) is 3.36. The highest BCUT2D eigenvalue weighted by molar-refractivity contribution is 7.16. The number of carbonyl (C=O) groups excluding carboxylic acids is 1. The second-order valence-corrected chi connectivity index (χ2v) is 8.32. The number of fused-ring (bicyclic) bond motifs is 2. The van der Waals surface area contributed by atoms with Crippen LogP contribution in [0.15, 0.2) is 36.4 Å². The van der Waals surface area contributed by atoms with Gasteiger partial charge in [0.2, 0.25) is 5.91 Å². The maximum Gasteiger partial charge on any atom is 0.232 e. The summed E-state index contributed by atoms with van der Waals surface area (Å²) in [5.74, 6) is 0.428. The van der Waals surface area contributed by atoms with Gasteiger partial charge in [-0.05, 0) is 66.6 Å². The van der Waals surface area contributed by atoms with Gasteiger partial charge in [0.15, 0.2) is 0 Å². The number of ether oxygens (including phenoxy) is 1. The van der Waals surface area contributed by atoms with Gasteiger partial charge < -0.3 is 10.1 Å². The molecule has 4 rings (SSSR count). The first-order valence-corrected chi connectivity index (χ1v) is 10.4. The Kier molecular flexibility index (Phi) is 5.06. The van der Waals surface area contributed by atoms with E-state index in [2.05, 4.69) is 11.4 Å². The largest absolute Gasteiger partial charge is 0.497 e. The highest BCUT2D eigenvalue weighted by atomic mass is 32.1. The smallest absolute Gasteiger partial charge is 0.232 e. The molecule has 1 aliphatic rings. The van der Waals surface area contributed by atoms with Crippen molar-refractivity contribution in [3.05, 3.63) is 58.0 Å². The lowest BCUT2D eigenvalue weighted by Crippen LogP contribution is -2.18. The highest BCUT2D eigenvalue weighted by Crippen LogP contribution is 2.38. The molecule has 1 amide bonds. The zero-order valence-electron chi connectivity index (χ0n) is 16.0. The SMILES string of the molecule is COc1ccc2cc(C(C)C(=O)Nc3sc4c(c3C#N)CCCC4)ccc2c1. The Balaban J connectivity index is 1.58. The first-order chi connectivity index (χ1) is 13.6. The van der Waals surface area contributed by atoms with Crippen molar-refractivity contribution in [2.45, 2.75) is 38.5 Å². The van der Waals surface area contributed by atoms with Crippen molar-refractivity contribution in [1.29, 1.82) is 5.26 Å². The number of carbonyl (C=O) groups is 1. The first-order valence-electron chi connectivity index (χ1n) is 9.54. The Morgan fingerprint density at radius 1 is 1.18 bits per heavy atom. The number of nitriles is 1. The third-order valence-corrected chi connectivity index (χ3v) is 6.69. The minimum absolute atomic E-state index is 0.0806. The number of aryl methyl sites for hydroxylation is 1. The molecule has 5 heteroatoms. The lowest BCUT2D eigenvalue weighted by atomic mass is 9.95. The van der Waals surface area contributed by atoms with E-state index in [9.17, 15) is 10.1 Å². The molecule has 28 heavy (non-hydrogen) atoms. The first kappa shape index (κ1) is 18.5. The van der Waals surface area contributed by atoms with Crippen molar-refractivity contribution in [3.8, 4) is 11.8 Å². The minimum Gasteiger partial charge on any atom is -0.497 e. The summed E-state index contributed by atoms with van der Waals surface area (Å²) in [6, 6.07) is 14.3. The van der Waals surface area contributed by atoms with Gasteiger partial charge in [-0.2, -0.15) is 5.26 Å². The Bertz CT molecular complexity index is 1090. The summed E-state index contributed by atoms with van der Waals surface area (Å²) in [6.07, 6.45) is 4.22. The summed E-state index contributed by atoms with van der Waals surface area (Å²) < 4.78 is 5.27. The number of hydrogen-bond acceptors (Lipinski definition) is 4. The van der Waals surface area contributed by atoms with Crippen LogP contribution in [-0.4, -0.2) is 13.0 Å². The topological polar surface area (TPSA) is 62.1 Å². The van der Waals surface area contributed by atoms with E-state index in [0.717, 1.165) is 53.3 Å². The molecule has 0 radical (unpaired) electrons. The maximum atomic E-state index is 12.9. The van der Waals surface area contributed by atoms with Crippen LogP contribution in [0.3, 0.4) is 0 Å². The number of anilines is 1. The van der Waals surface area contributed by atoms with Gasteiger partial charge in [0.1, 0.15) is 16.8 Å². The van der Waals surface area contributed by atoms with Gasteiger partial charge in [0.05, 0.1) is 18.6 Å². The van der Waals surface area contributed by atoms with Gasteiger partial charge in [-0.1, -0.05) is 24.3 Å².